The van der Waals surface area contributed by atoms with Gasteiger partial charge in [0.05, 0.1) is 35.4 Å². The highest BCUT2D eigenvalue weighted by molar-refractivity contribution is 7.20. The van der Waals surface area contributed by atoms with Gasteiger partial charge in [-0.1, -0.05) is 30.3 Å². The van der Waals surface area contributed by atoms with Crippen LogP contribution in [0.4, 0.5) is 4.39 Å². The fourth-order valence-corrected chi connectivity index (χ4v) is 5.71. The monoisotopic (exact) mass is 551 g/mol. The lowest BCUT2D eigenvalue weighted by Gasteiger charge is -2.27. The standard InChI is InChI=1S/C32H26FN3O3S/c1-20(35-32(37)30-18-21-6-3-4-9-29(21)40-30)31(22-7-5-8-26(16-22)38-2)39-27-14-15-28-23(17-27)19-34-36(28)25-12-10-24(33)11-13-25/h3-20,31H,1-2H3,(H,35,37)/t20-,31+/m0/s1. The largest absolute Gasteiger partial charge is 0.497 e. The number of aromatic nitrogens is 2. The lowest BCUT2D eigenvalue weighted by atomic mass is 10.0. The Labute approximate surface area is 234 Å². The molecule has 8 heteroatoms. The van der Waals surface area contributed by atoms with Gasteiger partial charge in [-0.25, -0.2) is 9.07 Å². The van der Waals surface area contributed by atoms with Gasteiger partial charge in [0.25, 0.3) is 5.91 Å². The molecule has 2 atom stereocenters. The number of fused-ring (bicyclic) bond motifs is 2. The lowest BCUT2D eigenvalue weighted by Crippen LogP contribution is -2.39. The summed E-state index contributed by atoms with van der Waals surface area (Å²) in [4.78, 5) is 13.9. The summed E-state index contributed by atoms with van der Waals surface area (Å²) in [6.07, 6.45) is 1.25. The van der Waals surface area contributed by atoms with Crippen LogP contribution in [0.25, 0.3) is 26.7 Å². The summed E-state index contributed by atoms with van der Waals surface area (Å²) in [5, 5.41) is 9.54. The van der Waals surface area contributed by atoms with Crippen LogP contribution >= 0.6 is 11.3 Å². The number of carbonyl (C=O) groups excluding carboxylic acids is 1. The molecule has 0 unspecified atom stereocenters. The second kappa shape index (κ2) is 10.8. The predicted octanol–water partition coefficient (Wildman–Crippen LogP) is 7.33. The Morgan fingerprint density at radius 1 is 0.925 bits per heavy atom. The first-order valence-electron chi connectivity index (χ1n) is 12.8. The molecule has 0 aliphatic carbocycles. The summed E-state index contributed by atoms with van der Waals surface area (Å²) in [5.41, 5.74) is 2.49. The number of ether oxygens (including phenoxy) is 2. The van der Waals surface area contributed by atoms with E-state index in [1.54, 1.807) is 30.1 Å². The van der Waals surface area contributed by atoms with E-state index in [4.69, 9.17) is 9.47 Å². The molecule has 4 aromatic carbocycles. The number of hydrogen-bond donors (Lipinski definition) is 1. The van der Waals surface area contributed by atoms with Gasteiger partial charge in [0.1, 0.15) is 23.4 Å². The van der Waals surface area contributed by atoms with Gasteiger partial charge in [0.15, 0.2) is 0 Å². The third kappa shape index (κ3) is 5.13. The van der Waals surface area contributed by atoms with Crippen LogP contribution in [0.3, 0.4) is 0 Å². The second-order valence-electron chi connectivity index (χ2n) is 9.48. The molecule has 6 nitrogen and oxygen atoms in total. The van der Waals surface area contributed by atoms with Crippen LogP contribution in [-0.4, -0.2) is 28.8 Å². The van der Waals surface area contributed by atoms with Crippen molar-refractivity contribution < 1.29 is 18.7 Å². The van der Waals surface area contributed by atoms with Crippen molar-refractivity contribution in [3.05, 3.63) is 120 Å². The number of carbonyl (C=O) groups is 1. The summed E-state index contributed by atoms with van der Waals surface area (Å²) < 4.78 is 28.2. The fourth-order valence-electron chi connectivity index (χ4n) is 4.74. The molecule has 0 saturated heterocycles. The Kier molecular flexibility index (Phi) is 6.92. The van der Waals surface area contributed by atoms with Crippen molar-refractivity contribution in [2.75, 3.05) is 7.11 Å². The van der Waals surface area contributed by atoms with Crippen LogP contribution in [0, 0.1) is 5.82 Å². The van der Waals surface area contributed by atoms with Crippen molar-refractivity contribution >= 4 is 38.2 Å². The van der Waals surface area contributed by atoms with E-state index in [1.807, 2.05) is 79.7 Å². The number of nitrogens with zero attached hydrogens (tertiary/aromatic N) is 2. The lowest BCUT2D eigenvalue weighted by molar-refractivity contribution is 0.0886. The summed E-state index contributed by atoms with van der Waals surface area (Å²) in [6.45, 7) is 1.93. The van der Waals surface area contributed by atoms with Crippen molar-refractivity contribution in [3.8, 4) is 17.2 Å². The molecule has 0 radical (unpaired) electrons. The van der Waals surface area contributed by atoms with E-state index in [9.17, 15) is 9.18 Å². The van der Waals surface area contributed by atoms with Crippen LogP contribution in [-0.2, 0) is 0 Å². The molecule has 200 valence electrons. The van der Waals surface area contributed by atoms with Gasteiger partial charge in [0.2, 0.25) is 0 Å². The third-order valence-corrected chi connectivity index (χ3v) is 7.87. The Bertz CT molecular complexity index is 1780. The van der Waals surface area contributed by atoms with E-state index >= 15 is 0 Å². The molecule has 2 aromatic heterocycles. The molecule has 0 spiro atoms. The number of halogens is 1. The topological polar surface area (TPSA) is 65.4 Å². The normalized spacial score (nSPS) is 12.8. The minimum atomic E-state index is -0.502. The first-order chi connectivity index (χ1) is 19.5. The zero-order valence-corrected chi connectivity index (χ0v) is 22.7. The van der Waals surface area contributed by atoms with Crippen LogP contribution in [0.2, 0.25) is 0 Å². The Morgan fingerprint density at radius 3 is 2.55 bits per heavy atom. The van der Waals surface area contributed by atoms with Gasteiger partial charge in [-0.05, 0) is 84.6 Å². The maximum atomic E-state index is 13.4. The quantitative estimate of drug-likeness (QED) is 0.215. The van der Waals surface area contributed by atoms with Gasteiger partial charge in [0, 0.05) is 10.1 Å². The van der Waals surface area contributed by atoms with Gasteiger partial charge >= 0.3 is 0 Å². The van der Waals surface area contributed by atoms with Crippen LogP contribution < -0.4 is 14.8 Å². The molecule has 0 aliphatic heterocycles. The van der Waals surface area contributed by atoms with Gasteiger partial charge in [-0.15, -0.1) is 11.3 Å². The molecule has 40 heavy (non-hydrogen) atoms. The summed E-state index contributed by atoms with van der Waals surface area (Å²) in [7, 11) is 1.62. The molecule has 0 saturated carbocycles. The molecule has 0 aliphatic rings. The Hall–Kier alpha value is -4.69. The first-order valence-corrected chi connectivity index (χ1v) is 13.6. The molecule has 0 bridgehead atoms. The predicted molar refractivity (Wildman–Crippen MR) is 156 cm³/mol. The summed E-state index contributed by atoms with van der Waals surface area (Å²) in [5.74, 6) is 0.876. The average molecular weight is 552 g/mol. The molecular formula is C32H26FN3O3S. The van der Waals surface area contributed by atoms with E-state index in [0.29, 0.717) is 16.4 Å². The molecule has 2 heterocycles. The average Bonchev–Trinajstić information content (AvgIpc) is 3.61. The third-order valence-electron chi connectivity index (χ3n) is 6.76. The maximum absolute atomic E-state index is 13.4. The number of amides is 1. The zero-order valence-electron chi connectivity index (χ0n) is 21.9. The van der Waals surface area contributed by atoms with E-state index < -0.39 is 6.10 Å². The van der Waals surface area contributed by atoms with Crippen molar-refractivity contribution in [2.45, 2.75) is 19.1 Å². The van der Waals surface area contributed by atoms with Crippen molar-refractivity contribution in [1.82, 2.24) is 15.1 Å². The minimum Gasteiger partial charge on any atom is -0.497 e. The highest BCUT2D eigenvalue weighted by Gasteiger charge is 2.25. The van der Waals surface area contributed by atoms with Gasteiger partial charge in [-0.3, -0.25) is 4.79 Å². The fraction of sp³-hybridized carbons (Fsp3) is 0.125. The van der Waals surface area contributed by atoms with Crippen LogP contribution in [0.1, 0.15) is 28.3 Å². The molecule has 6 aromatic rings. The number of hydrogen-bond acceptors (Lipinski definition) is 5. The number of methoxy groups -OCH3 is 1. The SMILES string of the molecule is COc1cccc([C@H](Oc2ccc3c(cnn3-c3ccc(F)cc3)c2)[C@H](C)NC(=O)c2cc3ccccc3s2)c1. The van der Waals surface area contributed by atoms with E-state index in [1.165, 1.54) is 23.5 Å². The number of nitrogens with one attached hydrogen (secondary N) is 1. The summed E-state index contributed by atoms with van der Waals surface area (Å²) >= 11 is 1.46. The minimum absolute atomic E-state index is 0.152. The zero-order chi connectivity index (χ0) is 27.6. The molecule has 1 N–H and O–H groups in total. The van der Waals surface area contributed by atoms with Crippen LogP contribution in [0.5, 0.6) is 11.5 Å². The van der Waals surface area contributed by atoms with Gasteiger partial charge in [-0.2, -0.15) is 5.10 Å². The molecule has 1 amide bonds. The first kappa shape index (κ1) is 25.6. The highest BCUT2D eigenvalue weighted by Crippen LogP contribution is 2.31. The second-order valence-corrected chi connectivity index (χ2v) is 10.6. The van der Waals surface area contributed by atoms with E-state index in [2.05, 4.69) is 10.4 Å². The Balaban J connectivity index is 1.29. The molecular weight excluding hydrogens is 525 g/mol. The van der Waals surface area contributed by atoms with Crippen molar-refractivity contribution in [1.29, 1.82) is 0 Å². The van der Waals surface area contributed by atoms with Crippen molar-refractivity contribution in [3.63, 3.8) is 0 Å². The van der Waals surface area contributed by atoms with Crippen molar-refractivity contribution in [2.24, 2.45) is 0 Å². The van der Waals surface area contributed by atoms with Crippen LogP contribution in [0.15, 0.2) is 103 Å². The van der Waals surface area contributed by atoms with E-state index in [-0.39, 0.29) is 17.8 Å². The maximum Gasteiger partial charge on any atom is 0.261 e. The number of benzene rings is 4. The Morgan fingerprint density at radius 2 is 1.75 bits per heavy atom. The van der Waals surface area contributed by atoms with E-state index in [0.717, 1.165) is 32.2 Å². The smallest absolute Gasteiger partial charge is 0.261 e. The van der Waals surface area contributed by atoms with Gasteiger partial charge < -0.3 is 14.8 Å². The number of thiophene rings is 1. The highest BCUT2D eigenvalue weighted by atomic mass is 32.1. The molecule has 6 rings (SSSR count). The molecule has 0 fully saturated rings. The summed E-state index contributed by atoms with van der Waals surface area (Å²) in [6, 6.07) is 29.0. The number of rotatable bonds is 8.